The number of sulfonamides is 1. The Morgan fingerprint density at radius 3 is 2.49 bits per heavy atom. The van der Waals surface area contributed by atoms with Crippen LogP contribution in [0.4, 0.5) is 0 Å². The van der Waals surface area contributed by atoms with Crippen LogP contribution in [0.5, 0.6) is 0 Å². The first kappa shape index (κ1) is 28.4. The molecule has 1 atom stereocenters. The van der Waals surface area contributed by atoms with E-state index < -0.39 is 10.0 Å². The topological polar surface area (TPSA) is 89.9 Å². The fraction of sp³-hybridized carbons (Fsp3) is 0.531. The first-order chi connectivity index (χ1) is 19.8. The van der Waals surface area contributed by atoms with Gasteiger partial charge < -0.3 is 18.9 Å². The zero-order valence-corrected chi connectivity index (χ0v) is 24.9. The zero-order chi connectivity index (χ0) is 28.6. The second-order valence-corrected chi connectivity index (χ2v) is 13.6. The lowest BCUT2D eigenvalue weighted by Crippen LogP contribution is -2.52. The van der Waals surface area contributed by atoms with Crippen molar-refractivity contribution in [2.75, 3.05) is 33.5 Å². The third-order valence-electron chi connectivity index (χ3n) is 9.18. The molecule has 2 saturated carbocycles. The lowest BCUT2D eigenvalue weighted by Gasteiger charge is -2.39. The van der Waals surface area contributed by atoms with Gasteiger partial charge in [0.2, 0.25) is 15.9 Å². The van der Waals surface area contributed by atoms with Gasteiger partial charge in [-0.25, -0.2) is 13.1 Å². The number of fused-ring (bicyclic) bond motifs is 1. The van der Waals surface area contributed by atoms with Crippen molar-refractivity contribution >= 4 is 26.8 Å². The maximum Gasteiger partial charge on any atom is 0.240 e. The number of benzene rings is 2. The summed E-state index contributed by atoms with van der Waals surface area (Å²) in [6.07, 6.45) is 6.01. The Bertz CT molecular complexity index is 1490. The van der Waals surface area contributed by atoms with Gasteiger partial charge in [-0.1, -0.05) is 30.3 Å². The van der Waals surface area contributed by atoms with Gasteiger partial charge in [0.15, 0.2) is 0 Å². The summed E-state index contributed by atoms with van der Waals surface area (Å²) in [5, 5.41) is 0.997. The Balaban J connectivity index is 1.11. The number of nitrogens with zero attached hydrogens (tertiary/aromatic N) is 2. The largest absolute Gasteiger partial charge is 0.384 e. The first-order valence-electron chi connectivity index (χ1n) is 14.9. The zero-order valence-electron chi connectivity index (χ0n) is 24.1. The number of amides is 1. The monoisotopic (exact) mass is 579 g/mol. The number of hydrogen-bond donors (Lipinski definition) is 1. The molecule has 2 aromatic carbocycles. The summed E-state index contributed by atoms with van der Waals surface area (Å²) in [7, 11) is -0.0159. The van der Waals surface area contributed by atoms with Gasteiger partial charge in [0.05, 0.1) is 30.8 Å². The van der Waals surface area contributed by atoms with Gasteiger partial charge in [-0.15, -0.1) is 0 Å². The van der Waals surface area contributed by atoms with E-state index >= 15 is 0 Å². The van der Waals surface area contributed by atoms with Crippen molar-refractivity contribution in [2.24, 2.45) is 18.9 Å². The number of morpholine rings is 1. The molecule has 9 heteroatoms. The number of ether oxygens (including phenoxy) is 2. The molecule has 1 saturated heterocycles. The molecule has 2 heterocycles. The van der Waals surface area contributed by atoms with Crippen LogP contribution in [0.1, 0.15) is 44.1 Å². The molecule has 1 aliphatic heterocycles. The van der Waals surface area contributed by atoms with Gasteiger partial charge in [0, 0.05) is 49.3 Å². The molecule has 1 amide bonds. The van der Waals surface area contributed by atoms with Crippen LogP contribution in [0.25, 0.3) is 22.2 Å². The van der Waals surface area contributed by atoms with E-state index in [0.717, 1.165) is 28.6 Å². The maximum absolute atomic E-state index is 13.4. The quantitative estimate of drug-likeness (QED) is 0.403. The number of methoxy groups -OCH3 is 1. The molecule has 1 N–H and O–H groups in total. The van der Waals surface area contributed by atoms with Gasteiger partial charge in [0.25, 0.3) is 0 Å². The molecular formula is C32H41N3O5S. The van der Waals surface area contributed by atoms with E-state index in [4.69, 9.17) is 9.47 Å². The Hall–Kier alpha value is -2.72. The van der Waals surface area contributed by atoms with Crippen LogP contribution in [0.2, 0.25) is 0 Å². The number of hydrogen-bond acceptors (Lipinski definition) is 5. The Morgan fingerprint density at radius 2 is 1.78 bits per heavy atom. The van der Waals surface area contributed by atoms with Crippen molar-refractivity contribution in [3.63, 3.8) is 0 Å². The van der Waals surface area contributed by atoms with Crippen molar-refractivity contribution in [1.29, 1.82) is 0 Å². The van der Waals surface area contributed by atoms with Gasteiger partial charge >= 0.3 is 0 Å². The molecule has 6 rings (SSSR count). The maximum atomic E-state index is 13.4. The van der Waals surface area contributed by atoms with Crippen LogP contribution in [0, 0.1) is 11.8 Å². The highest BCUT2D eigenvalue weighted by molar-refractivity contribution is 7.89. The predicted octanol–water partition coefficient (Wildman–Crippen LogP) is 4.51. The van der Waals surface area contributed by atoms with E-state index in [1.54, 1.807) is 19.2 Å². The number of aryl methyl sites for hydroxylation is 1. The SMILES string of the molecule is COCCc1ccc(-c2cc3ccc(S(=O)(=O)NC4CCC(C(=O)N5CCOCC5C5CC5)CC4)cc3n2C)cc1. The molecule has 1 unspecified atom stereocenters. The minimum Gasteiger partial charge on any atom is -0.384 e. The van der Waals surface area contributed by atoms with Gasteiger partial charge in [-0.3, -0.25) is 4.79 Å². The fourth-order valence-corrected chi connectivity index (χ4v) is 7.89. The van der Waals surface area contributed by atoms with Crippen LogP contribution in [-0.4, -0.2) is 69.4 Å². The first-order valence-corrected chi connectivity index (χ1v) is 16.4. The van der Waals surface area contributed by atoms with E-state index in [-0.39, 0.29) is 28.8 Å². The van der Waals surface area contributed by atoms with Gasteiger partial charge in [-0.2, -0.15) is 0 Å². The van der Waals surface area contributed by atoms with E-state index in [2.05, 4.69) is 44.5 Å². The van der Waals surface area contributed by atoms with Gasteiger partial charge in [0.1, 0.15) is 0 Å². The van der Waals surface area contributed by atoms with Crippen molar-refractivity contribution < 1.29 is 22.7 Å². The van der Waals surface area contributed by atoms with E-state index in [1.807, 2.05) is 13.1 Å². The molecule has 3 fully saturated rings. The summed E-state index contributed by atoms with van der Waals surface area (Å²) >= 11 is 0. The third-order valence-corrected chi connectivity index (χ3v) is 10.7. The van der Waals surface area contributed by atoms with Crippen molar-refractivity contribution in [3.8, 4) is 11.3 Å². The van der Waals surface area contributed by atoms with Crippen LogP contribution < -0.4 is 4.72 Å². The number of rotatable bonds is 9. The molecule has 2 aliphatic carbocycles. The normalized spacial score (nSPS) is 23.7. The number of aromatic nitrogens is 1. The lowest BCUT2D eigenvalue weighted by atomic mass is 9.85. The highest BCUT2D eigenvalue weighted by atomic mass is 32.2. The summed E-state index contributed by atoms with van der Waals surface area (Å²) in [6.45, 7) is 2.63. The van der Waals surface area contributed by atoms with E-state index in [9.17, 15) is 13.2 Å². The molecule has 3 aliphatic rings. The molecule has 1 aromatic heterocycles. The average Bonchev–Trinajstić information content (AvgIpc) is 3.79. The standard InChI is InChI=1S/C32H41N3O5S/c1-34-29(23-5-3-22(4-6-23)15-17-39-2)19-26-11-14-28(20-30(26)34)41(37,38)33-27-12-9-25(10-13-27)32(36)35-16-18-40-21-31(35)24-7-8-24/h3-6,11,14,19-20,24-25,27,31,33H,7-10,12-13,15-18,21H2,1-2H3. The molecule has 220 valence electrons. The summed E-state index contributed by atoms with van der Waals surface area (Å²) in [5.74, 6) is 0.801. The minimum absolute atomic E-state index is 0.0257. The Kier molecular flexibility index (Phi) is 8.23. The summed E-state index contributed by atoms with van der Waals surface area (Å²) in [6, 6.07) is 15.9. The second kappa shape index (κ2) is 11.9. The Morgan fingerprint density at radius 1 is 1.02 bits per heavy atom. The molecule has 3 aromatic rings. The highest BCUT2D eigenvalue weighted by Crippen LogP contribution is 2.38. The molecule has 41 heavy (non-hydrogen) atoms. The summed E-state index contributed by atoms with van der Waals surface area (Å²) in [4.78, 5) is 15.7. The third kappa shape index (κ3) is 6.09. The van der Waals surface area contributed by atoms with Crippen molar-refractivity contribution in [1.82, 2.24) is 14.2 Å². The average molecular weight is 580 g/mol. The molecular weight excluding hydrogens is 538 g/mol. The van der Waals surface area contributed by atoms with Crippen LogP contribution >= 0.6 is 0 Å². The number of carbonyl (C=O) groups is 1. The fourth-order valence-electron chi connectivity index (χ4n) is 6.56. The van der Waals surface area contributed by atoms with E-state index in [1.165, 1.54) is 18.4 Å². The van der Waals surface area contributed by atoms with Crippen molar-refractivity contribution in [2.45, 2.75) is 61.9 Å². The summed E-state index contributed by atoms with van der Waals surface area (Å²) in [5.41, 5.74) is 4.21. The van der Waals surface area contributed by atoms with Crippen LogP contribution in [-0.2, 0) is 37.8 Å². The molecule has 0 bridgehead atoms. The number of carbonyl (C=O) groups excluding carboxylic acids is 1. The lowest BCUT2D eigenvalue weighted by molar-refractivity contribution is -0.146. The number of nitrogens with one attached hydrogen (secondary N) is 1. The highest BCUT2D eigenvalue weighted by Gasteiger charge is 2.41. The van der Waals surface area contributed by atoms with Crippen LogP contribution in [0.3, 0.4) is 0 Å². The molecule has 0 radical (unpaired) electrons. The van der Waals surface area contributed by atoms with Crippen molar-refractivity contribution in [3.05, 3.63) is 54.1 Å². The minimum atomic E-state index is -3.70. The predicted molar refractivity (Wildman–Crippen MR) is 159 cm³/mol. The summed E-state index contributed by atoms with van der Waals surface area (Å²) < 4.78 is 42.7. The smallest absolute Gasteiger partial charge is 0.240 e. The molecule has 8 nitrogen and oxygen atoms in total. The second-order valence-electron chi connectivity index (χ2n) is 11.9. The van der Waals surface area contributed by atoms with E-state index in [0.29, 0.717) is 58.0 Å². The van der Waals surface area contributed by atoms with Crippen LogP contribution in [0.15, 0.2) is 53.4 Å². The molecule has 0 spiro atoms. The van der Waals surface area contributed by atoms with Gasteiger partial charge in [-0.05, 0) is 80.2 Å². The Labute approximate surface area is 243 Å².